The monoisotopic (exact) mass is 694 g/mol. The number of carbonyl (C=O) groups excluding carboxylic acids is 4. The molecule has 16 nitrogen and oxygen atoms in total. The maximum Gasteiger partial charge on any atom is 0.326 e. The van der Waals surface area contributed by atoms with E-state index in [2.05, 4.69) is 21.3 Å². The van der Waals surface area contributed by atoms with Gasteiger partial charge in [0.1, 0.15) is 18.1 Å². The van der Waals surface area contributed by atoms with Gasteiger partial charge in [0.25, 0.3) is 5.69 Å². The van der Waals surface area contributed by atoms with Gasteiger partial charge in [0.2, 0.25) is 17.7 Å². The molecule has 0 bridgehead atoms. The van der Waals surface area contributed by atoms with E-state index in [1.165, 1.54) is 48.2 Å². The van der Waals surface area contributed by atoms with Gasteiger partial charge in [-0.3, -0.25) is 24.5 Å². The minimum atomic E-state index is -1.35. The molecule has 1 aliphatic rings. The predicted octanol–water partition coefficient (Wildman–Crippen LogP) is 3.85. The maximum atomic E-state index is 13.3. The van der Waals surface area contributed by atoms with Crippen molar-refractivity contribution in [3.63, 3.8) is 0 Å². The van der Waals surface area contributed by atoms with Gasteiger partial charge in [-0.1, -0.05) is 45.1 Å². The number of carboxylic acid groups (broad SMARTS) is 2. The number of likely N-dealkylation sites (tertiary alicyclic amines) is 1. The van der Waals surface area contributed by atoms with Gasteiger partial charge < -0.3 is 36.4 Å². The average Bonchev–Trinajstić information content (AvgIpc) is 3.47. The minimum Gasteiger partial charge on any atom is -0.480 e. The quantitative estimate of drug-likeness (QED) is 0.0948. The summed E-state index contributed by atoms with van der Waals surface area (Å²) >= 11 is 0. The normalized spacial score (nSPS) is 17.0. The molecule has 1 fully saturated rings. The van der Waals surface area contributed by atoms with Gasteiger partial charge >= 0.3 is 18.0 Å². The average molecular weight is 695 g/mol. The number of amides is 5. The summed E-state index contributed by atoms with van der Waals surface area (Å²) < 4.78 is 0. The first kappa shape index (κ1) is 38.6. The lowest BCUT2D eigenvalue weighted by Gasteiger charge is -2.24. The van der Waals surface area contributed by atoms with Gasteiger partial charge in [-0.05, 0) is 54.5 Å². The number of benzene rings is 2. The second kappa shape index (κ2) is 17.0. The van der Waals surface area contributed by atoms with E-state index in [4.69, 9.17) is 0 Å². The summed E-state index contributed by atoms with van der Waals surface area (Å²) in [5.74, 6) is -4.26. The van der Waals surface area contributed by atoms with Crippen molar-refractivity contribution >= 4 is 52.8 Å². The number of aliphatic carboxylic acids is 2. The molecule has 0 spiro atoms. The molecule has 50 heavy (non-hydrogen) atoms. The zero-order valence-electron chi connectivity index (χ0n) is 28.2. The Bertz CT molecular complexity index is 1620. The molecule has 1 aliphatic heterocycles. The summed E-state index contributed by atoms with van der Waals surface area (Å²) in [4.78, 5) is 85.6. The van der Waals surface area contributed by atoms with E-state index >= 15 is 0 Å². The van der Waals surface area contributed by atoms with E-state index < -0.39 is 52.8 Å². The number of hydrogen-bond donors (Lipinski definition) is 6. The van der Waals surface area contributed by atoms with Crippen LogP contribution in [-0.2, 0) is 24.0 Å². The Labute approximate surface area is 288 Å². The molecule has 16 heteroatoms. The van der Waals surface area contributed by atoms with Gasteiger partial charge in [0, 0.05) is 49.3 Å². The first-order valence-corrected chi connectivity index (χ1v) is 15.8. The van der Waals surface area contributed by atoms with Crippen LogP contribution in [0.2, 0.25) is 0 Å². The number of nitrogens with one attached hydrogen (secondary N) is 4. The first-order valence-electron chi connectivity index (χ1n) is 15.8. The number of carboxylic acids is 2. The summed E-state index contributed by atoms with van der Waals surface area (Å²) in [6.45, 7) is 7.06. The Hall–Kier alpha value is -5.80. The molecule has 0 aliphatic carbocycles. The number of anilines is 2. The number of nitro groups is 1. The first-order chi connectivity index (χ1) is 23.4. The lowest BCUT2D eigenvalue weighted by molar-refractivity contribution is -0.384. The van der Waals surface area contributed by atoms with E-state index in [0.717, 1.165) is 5.56 Å². The van der Waals surface area contributed by atoms with E-state index in [9.17, 15) is 49.1 Å². The Morgan fingerprint density at radius 2 is 1.38 bits per heavy atom. The lowest BCUT2D eigenvalue weighted by Crippen LogP contribution is -2.50. The molecule has 4 unspecified atom stereocenters. The highest BCUT2D eigenvalue weighted by atomic mass is 16.6. The summed E-state index contributed by atoms with van der Waals surface area (Å²) in [6, 6.07) is 8.04. The molecular formula is C34H42N6O10. The van der Waals surface area contributed by atoms with Gasteiger partial charge in [0.05, 0.1) is 4.92 Å². The zero-order chi connectivity index (χ0) is 37.2. The fourth-order valence-corrected chi connectivity index (χ4v) is 5.38. The van der Waals surface area contributed by atoms with Crippen molar-refractivity contribution in [2.45, 2.75) is 77.4 Å². The molecule has 2 aromatic rings. The summed E-state index contributed by atoms with van der Waals surface area (Å²) in [6.07, 6.45) is 2.95. The number of nitrogens with zero attached hydrogens (tertiary/aromatic N) is 2. The van der Waals surface area contributed by atoms with Crippen molar-refractivity contribution < 1.29 is 43.9 Å². The van der Waals surface area contributed by atoms with E-state index in [1.54, 1.807) is 24.3 Å². The number of rotatable bonds is 14. The largest absolute Gasteiger partial charge is 0.480 e. The van der Waals surface area contributed by atoms with E-state index in [-0.39, 0.29) is 55.2 Å². The molecule has 5 amide bonds. The predicted molar refractivity (Wildman–Crippen MR) is 182 cm³/mol. The third kappa shape index (κ3) is 11.7. The van der Waals surface area contributed by atoms with Crippen LogP contribution in [0.3, 0.4) is 0 Å². The number of nitro benzene ring substituents is 1. The van der Waals surface area contributed by atoms with Crippen molar-refractivity contribution in [2.24, 2.45) is 5.41 Å². The topological polar surface area (TPSA) is 237 Å². The third-order valence-electron chi connectivity index (χ3n) is 7.83. The summed E-state index contributed by atoms with van der Waals surface area (Å²) in [7, 11) is 0. The smallest absolute Gasteiger partial charge is 0.326 e. The maximum absolute atomic E-state index is 13.3. The van der Waals surface area contributed by atoms with Crippen molar-refractivity contribution in [1.29, 1.82) is 0 Å². The number of carbonyl (C=O) groups is 6. The van der Waals surface area contributed by atoms with Crippen LogP contribution in [0, 0.1) is 15.5 Å². The highest BCUT2D eigenvalue weighted by molar-refractivity contribution is 5.99. The van der Waals surface area contributed by atoms with Crippen LogP contribution in [-0.4, -0.2) is 80.4 Å². The molecule has 0 saturated carbocycles. The Kier molecular flexibility index (Phi) is 13.2. The van der Waals surface area contributed by atoms with Gasteiger partial charge in [-0.25, -0.2) is 14.4 Å². The van der Waals surface area contributed by atoms with E-state index in [0.29, 0.717) is 11.4 Å². The number of hydrogen-bond acceptors (Lipinski definition) is 8. The van der Waals surface area contributed by atoms with Crippen molar-refractivity contribution in [3.8, 4) is 0 Å². The zero-order valence-corrected chi connectivity index (χ0v) is 28.2. The lowest BCUT2D eigenvalue weighted by atomic mass is 9.92. The highest BCUT2D eigenvalue weighted by Crippen LogP contribution is 2.33. The standard InChI is InChI=1S/C34H42N6O10/c1-20(41)39-19-22(21-9-11-23(12-10-21)35-33(48)36-24-13-15-25(16-14-24)40(49)50)17-28(39)30(43)38-27(32(46)47)8-6-5-7-26(31(44)45)37-29(42)18-34(2,3)4/h5-6,9-16,22,26-28H,7-8,17-19H2,1-4H3,(H,37,42)(H,38,43)(H,44,45)(H,46,47)(H2,35,36,48)/b6-5+. The summed E-state index contributed by atoms with van der Waals surface area (Å²) in [5.41, 5.74) is 1.14. The molecule has 3 rings (SSSR count). The van der Waals surface area contributed by atoms with E-state index in [1.807, 2.05) is 20.8 Å². The SMILES string of the molecule is CC(=O)N1CC(c2ccc(NC(=O)Nc3ccc([N+](=O)[O-])cc3)cc2)CC1C(=O)NC(C/C=C/CC(NC(=O)CC(C)(C)C)C(=O)O)C(=O)O. The molecule has 0 aromatic heterocycles. The van der Waals surface area contributed by atoms with Crippen molar-refractivity contribution in [1.82, 2.24) is 15.5 Å². The molecule has 1 heterocycles. The van der Waals surface area contributed by atoms with Gasteiger partial charge in [-0.15, -0.1) is 0 Å². The van der Waals surface area contributed by atoms with Crippen LogP contribution >= 0.6 is 0 Å². The van der Waals surface area contributed by atoms with Gasteiger partial charge in [-0.2, -0.15) is 0 Å². The van der Waals surface area contributed by atoms with Crippen LogP contribution in [0.15, 0.2) is 60.7 Å². The van der Waals surface area contributed by atoms with Crippen LogP contribution < -0.4 is 21.3 Å². The van der Waals surface area contributed by atoms with Crippen LogP contribution in [0.4, 0.5) is 21.9 Å². The fraction of sp³-hybridized carbons (Fsp3) is 0.412. The molecule has 2 aromatic carbocycles. The Balaban J connectivity index is 1.58. The number of urea groups is 1. The number of non-ortho nitro benzene ring substituents is 1. The molecule has 268 valence electrons. The Morgan fingerprint density at radius 3 is 1.84 bits per heavy atom. The highest BCUT2D eigenvalue weighted by Gasteiger charge is 2.40. The molecule has 1 saturated heterocycles. The van der Waals surface area contributed by atoms with Crippen molar-refractivity contribution in [2.75, 3.05) is 17.2 Å². The summed E-state index contributed by atoms with van der Waals surface area (Å²) in [5, 5.41) is 40.2. The fourth-order valence-electron chi connectivity index (χ4n) is 5.38. The molecule has 6 N–H and O–H groups in total. The molecule has 0 radical (unpaired) electrons. The second-order valence-electron chi connectivity index (χ2n) is 13.2. The van der Waals surface area contributed by atoms with Crippen LogP contribution in [0.5, 0.6) is 0 Å². The molecular weight excluding hydrogens is 652 g/mol. The van der Waals surface area contributed by atoms with Crippen LogP contribution in [0.25, 0.3) is 0 Å². The minimum absolute atomic E-state index is 0.0906. The van der Waals surface area contributed by atoms with Crippen molar-refractivity contribution in [3.05, 3.63) is 76.4 Å². The third-order valence-corrected chi connectivity index (χ3v) is 7.83. The van der Waals surface area contributed by atoms with Gasteiger partial charge in [0.15, 0.2) is 0 Å². The van der Waals surface area contributed by atoms with Crippen LogP contribution in [0.1, 0.15) is 64.9 Å². The second-order valence-corrected chi connectivity index (χ2v) is 13.2. The molecule has 4 atom stereocenters. The Morgan fingerprint density at radius 1 is 0.880 bits per heavy atom.